The SMILES string of the molecule is COc1ccc(OC)c(-n2cc(C(=O)O)c3c2C(C(F)(F)F)CC(=O)N3)c1. The maximum Gasteiger partial charge on any atom is 0.397 e. The van der Waals surface area contributed by atoms with Crippen LogP contribution in [0.2, 0.25) is 0 Å². The first-order valence-electron chi connectivity index (χ1n) is 7.74. The van der Waals surface area contributed by atoms with E-state index in [4.69, 9.17) is 9.47 Å². The van der Waals surface area contributed by atoms with E-state index >= 15 is 0 Å². The van der Waals surface area contributed by atoms with E-state index in [0.717, 1.165) is 10.8 Å². The third-order valence-electron chi connectivity index (χ3n) is 4.30. The fraction of sp³-hybridized carbons (Fsp3) is 0.294. The van der Waals surface area contributed by atoms with Crippen LogP contribution in [0.5, 0.6) is 11.5 Å². The van der Waals surface area contributed by atoms with Gasteiger partial charge in [-0.1, -0.05) is 0 Å². The summed E-state index contributed by atoms with van der Waals surface area (Å²) in [5.41, 5.74) is -1.03. The average Bonchev–Trinajstić information content (AvgIpc) is 2.98. The topological polar surface area (TPSA) is 89.8 Å². The molecule has 1 aliphatic rings. The number of carboxylic acid groups (broad SMARTS) is 1. The molecule has 0 radical (unpaired) electrons. The average molecular weight is 384 g/mol. The highest BCUT2D eigenvalue weighted by Gasteiger charge is 2.48. The molecule has 27 heavy (non-hydrogen) atoms. The number of amides is 1. The third-order valence-corrected chi connectivity index (χ3v) is 4.30. The number of hydrogen-bond acceptors (Lipinski definition) is 4. The Labute approximate surface area is 151 Å². The second-order valence-electron chi connectivity index (χ2n) is 5.86. The monoisotopic (exact) mass is 384 g/mol. The lowest BCUT2D eigenvalue weighted by atomic mass is 9.94. The van der Waals surface area contributed by atoms with Gasteiger partial charge in [-0.05, 0) is 12.1 Å². The van der Waals surface area contributed by atoms with Crippen LogP contribution in [0.4, 0.5) is 18.9 Å². The van der Waals surface area contributed by atoms with Crippen LogP contribution in [0, 0.1) is 0 Å². The Hall–Kier alpha value is -3.17. The molecule has 144 valence electrons. The largest absolute Gasteiger partial charge is 0.497 e. The molecule has 1 aliphatic heterocycles. The van der Waals surface area contributed by atoms with E-state index in [-0.39, 0.29) is 22.8 Å². The van der Waals surface area contributed by atoms with Crippen molar-refractivity contribution in [3.8, 4) is 17.2 Å². The molecule has 1 amide bonds. The molecular weight excluding hydrogens is 369 g/mol. The van der Waals surface area contributed by atoms with Gasteiger partial charge >= 0.3 is 12.1 Å². The normalized spacial score (nSPS) is 16.5. The summed E-state index contributed by atoms with van der Waals surface area (Å²) in [6, 6.07) is 4.47. The summed E-state index contributed by atoms with van der Waals surface area (Å²) in [7, 11) is 2.72. The Morgan fingerprint density at radius 2 is 2.00 bits per heavy atom. The highest BCUT2D eigenvalue weighted by Crippen LogP contribution is 2.47. The van der Waals surface area contributed by atoms with Gasteiger partial charge in [0.25, 0.3) is 0 Å². The standard InChI is InChI=1S/C17H15F3N2O5/c1-26-8-3-4-12(27-2)11(5-8)22-7-9(16(24)25)14-15(22)10(17(18,19)20)6-13(23)21-14/h3-5,7,10H,6H2,1-2H3,(H,21,23)(H,24,25). The Morgan fingerprint density at radius 1 is 1.30 bits per heavy atom. The molecule has 2 heterocycles. The lowest BCUT2D eigenvalue weighted by Crippen LogP contribution is -2.33. The van der Waals surface area contributed by atoms with Gasteiger partial charge in [0.2, 0.25) is 5.91 Å². The fourth-order valence-corrected chi connectivity index (χ4v) is 3.08. The number of nitrogens with zero attached hydrogens (tertiary/aromatic N) is 1. The molecule has 0 saturated heterocycles. The number of carbonyl (C=O) groups excluding carboxylic acids is 1. The molecule has 2 aromatic rings. The van der Waals surface area contributed by atoms with Gasteiger partial charge in [-0.25, -0.2) is 4.79 Å². The van der Waals surface area contributed by atoms with Crippen LogP contribution in [-0.4, -0.2) is 41.9 Å². The molecular formula is C17H15F3N2O5. The molecule has 0 spiro atoms. The van der Waals surface area contributed by atoms with Gasteiger partial charge in [0, 0.05) is 18.7 Å². The number of anilines is 1. The zero-order valence-corrected chi connectivity index (χ0v) is 14.3. The van der Waals surface area contributed by atoms with Gasteiger partial charge in [0.15, 0.2) is 0 Å². The van der Waals surface area contributed by atoms with Crippen LogP contribution in [0.1, 0.15) is 28.4 Å². The minimum atomic E-state index is -4.75. The van der Waals surface area contributed by atoms with E-state index < -0.39 is 36.0 Å². The summed E-state index contributed by atoms with van der Waals surface area (Å²) < 4.78 is 52.3. The smallest absolute Gasteiger partial charge is 0.397 e. The Balaban J connectivity index is 2.34. The number of rotatable bonds is 4. The van der Waals surface area contributed by atoms with Crippen LogP contribution < -0.4 is 14.8 Å². The van der Waals surface area contributed by atoms with Gasteiger partial charge in [-0.3, -0.25) is 4.79 Å². The van der Waals surface area contributed by atoms with Crippen LogP contribution in [0.25, 0.3) is 5.69 Å². The van der Waals surface area contributed by atoms with Crippen LogP contribution in [0.15, 0.2) is 24.4 Å². The Kier molecular flexibility index (Phi) is 4.50. The summed E-state index contributed by atoms with van der Waals surface area (Å²) in [5.74, 6) is -3.97. The van der Waals surface area contributed by atoms with E-state index in [2.05, 4.69) is 5.32 Å². The number of benzene rings is 1. The summed E-state index contributed by atoms with van der Waals surface area (Å²) in [5, 5.41) is 11.7. The highest BCUT2D eigenvalue weighted by molar-refractivity contribution is 6.04. The van der Waals surface area contributed by atoms with E-state index in [1.165, 1.54) is 26.4 Å². The molecule has 2 N–H and O–H groups in total. The first-order chi connectivity index (χ1) is 12.7. The lowest BCUT2D eigenvalue weighted by molar-refractivity contribution is -0.157. The molecule has 3 rings (SSSR count). The van der Waals surface area contributed by atoms with Gasteiger partial charge in [-0.2, -0.15) is 13.2 Å². The zero-order chi connectivity index (χ0) is 19.9. The number of carbonyl (C=O) groups is 2. The van der Waals surface area contributed by atoms with Crippen molar-refractivity contribution >= 4 is 17.6 Å². The molecule has 0 bridgehead atoms. The predicted octanol–water partition coefficient (Wildman–Crippen LogP) is 3.18. The lowest BCUT2D eigenvalue weighted by Gasteiger charge is -2.27. The minimum absolute atomic E-state index is 0.158. The van der Waals surface area contributed by atoms with E-state index in [9.17, 15) is 27.9 Å². The molecule has 1 atom stereocenters. The van der Waals surface area contributed by atoms with Crippen molar-refractivity contribution in [2.24, 2.45) is 0 Å². The first-order valence-corrected chi connectivity index (χ1v) is 7.74. The maximum atomic E-state index is 13.6. The minimum Gasteiger partial charge on any atom is -0.497 e. The summed E-state index contributed by atoms with van der Waals surface area (Å²) >= 11 is 0. The van der Waals surface area contributed by atoms with Crippen molar-refractivity contribution in [2.75, 3.05) is 19.5 Å². The molecule has 0 aliphatic carbocycles. The number of fused-ring (bicyclic) bond motifs is 1. The van der Waals surface area contributed by atoms with Crippen molar-refractivity contribution in [3.05, 3.63) is 35.7 Å². The zero-order valence-electron chi connectivity index (χ0n) is 14.3. The highest BCUT2D eigenvalue weighted by atomic mass is 19.4. The number of halogens is 3. The van der Waals surface area contributed by atoms with Gasteiger partial charge in [0.1, 0.15) is 23.0 Å². The molecule has 7 nitrogen and oxygen atoms in total. The van der Waals surface area contributed by atoms with E-state index in [1.54, 1.807) is 6.07 Å². The van der Waals surface area contributed by atoms with Crippen LogP contribution in [-0.2, 0) is 4.79 Å². The molecule has 1 unspecified atom stereocenters. The number of ether oxygens (including phenoxy) is 2. The Morgan fingerprint density at radius 3 is 2.56 bits per heavy atom. The molecule has 10 heteroatoms. The second kappa shape index (κ2) is 6.53. The maximum absolute atomic E-state index is 13.6. The first kappa shape index (κ1) is 18.6. The van der Waals surface area contributed by atoms with Crippen molar-refractivity contribution < 1.29 is 37.3 Å². The molecule has 1 aromatic heterocycles. The summed E-state index contributed by atoms with van der Waals surface area (Å²) in [4.78, 5) is 23.3. The molecule has 0 saturated carbocycles. The van der Waals surface area contributed by atoms with Crippen molar-refractivity contribution in [1.82, 2.24) is 4.57 Å². The number of hydrogen-bond donors (Lipinski definition) is 2. The van der Waals surface area contributed by atoms with Crippen LogP contribution in [0.3, 0.4) is 0 Å². The number of aromatic nitrogens is 1. The van der Waals surface area contributed by atoms with Crippen molar-refractivity contribution in [2.45, 2.75) is 18.5 Å². The quantitative estimate of drug-likeness (QED) is 0.845. The second-order valence-corrected chi connectivity index (χ2v) is 5.86. The Bertz CT molecular complexity index is 920. The number of methoxy groups -OCH3 is 2. The van der Waals surface area contributed by atoms with Gasteiger partial charge in [-0.15, -0.1) is 0 Å². The number of nitrogens with one attached hydrogen (secondary N) is 1. The van der Waals surface area contributed by atoms with E-state index in [0.29, 0.717) is 5.75 Å². The fourth-order valence-electron chi connectivity index (χ4n) is 3.08. The summed E-state index contributed by atoms with van der Waals surface area (Å²) in [6.07, 6.45) is -4.55. The number of carboxylic acids is 1. The number of aromatic carboxylic acids is 1. The number of alkyl halides is 3. The predicted molar refractivity (Wildman–Crippen MR) is 87.9 cm³/mol. The van der Waals surface area contributed by atoms with Crippen LogP contribution >= 0.6 is 0 Å². The third kappa shape index (κ3) is 3.18. The van der Waals surface area contributed by atoms with Gasteiger partial charge < -0.3 is 24.5 Å². The van der Waals surface area contributed by atoms with Gasteiger partial charge in [0.05, 0.1) is 31.3 Å². The molecule has 0 fully saturated rings. The van der Waals surface area contributed by atoms with Crippen molar-refractivity contribution in [1.29, 1.82) is 0 Å². The van der Waals surface area contributed by atoms with Crippen molar-refractivity contribution in [3.63, 3.8) is 0 Å². The van der Waals surface area contributed by atoms with E-state index in [1.807, 2.05) is 0 Å². The molecule has 1 aromatic carbocycles. The summed E-state index contributed by atoms with van der Waals surface area (Å²) in [6.45, 7) is 0.